The number of carbonyl (C=O) groups excluding carboxylic acids is 1. The fraction of sp³-hybridized carbons (Fsp3) is 0.783. The molecule has 0 aromatic rings. The molecule has 1 saturated heterocycles. The molecule has 2 rings (SSSR count). The second-order valence-electron chi connectivity index (χ2n) is 8.39. The molecule has 5 nitrogen and oxygen atoms in total. The fourth-order valence-electron chi connectivity index (χ4n) is 4.81. The second kappa shape index (κ2) is 11.5. The van der Waals surface area contributed by atoms with Crippen LogP contribution in [0.2, 0.25) is 0 Å². The van der Waals surface area contributed by atoms with Gasteiger partial charge in [-0.15, -0.1) is 12.3 Å². The molecule has 2 aliphatic rings. The van der Waals surface area contributed by atoms with Gasteiger partial charge >= 0.3 is 0 Å². The summed E-state index contributed by atoms with van der Waals surface area (Å²) in [6.45, 7) is 1.39. The number of hydrogen-bond acceptors (Lipinski definition) is 5. The number of hydrogen-bond donors (Lipinski definition) is 3. The van der Waals surface area contributed by atoms with Gasteiger partial charge in [-0.05, 0) is 50.4 Å². The highest BCUT2D eigenvalue weighted by Crippen LogP contribution is 2.46. The minimum absolute atomic E-state index is 0.0555. The zero-order valence-corrected chi connectivity index (χ0v) is 17.1. The fourth-order valence-corrected chi connectivity index (χ4v) is 4.81. The van der Waals surface area contributed by atoms with Crippen LogP contribution in [0, 0.1) is 30.1 Å². The van der Waals surface area contributed by atoms with Crippen molar-refractivity contribution in [2.24, 2.45) is 17.8 Å². The maximum atomic E-state index is 11.2. The lowest BCUT2D eigenvalue weighted by molar-refractivity contribution is -0.120. The van der Waals surface area contributed by atoms with E-state index in [1.165, 1.54) is 32.1 Å². The van der Waals surface area contributed by atoms with Crippen molar-refractivity contribution in [3.05, 3.63) is 11.5 Å². The van der Waals surface area contributed by atoms with Gasteiger partial charge in [-0.2, -0.15) is 0 Å². The van der Waals surface area contributed by atoms with Crippen molar-refractivity contribution in [2.45, 2.75) is 89.8 Å². The van der Waals surface area contributed by atoms with Crippen LogP contribution in [0.4, 0.5) is 0 Å². The summed E-state index contributed by atoms with van der Waals surface area (Å²) in [7, 11) is 0. The topological polar surface area (TPSA) is 87.0 Å². The summed E-state index contributed by atoms with van der Waals surface area (Å²) in [5.41, 5.74) is 0. The first-order valence-corrected chi connectivity index (χ1v) is 10.9. The molecule has 2 fully saturated rings. The smallest absolute Gasteiger partial charge is 0.225 e. The van der Waals surface area contributed by atoms with E-state index >= 15 is 0 Å². The molecule has 5 atom stereocenters. The Morgan fingerprint density at radius 3 is 2.64 bits per heavy atom. The van der Waals surface area contributed by atoms with Gasteiger partial charge in [-0.3, -0.25) is 4.79 Å². The third-order valence-corrected chi connectivity index (χ3v) is 6.46. The number of ketones is 1. The average molecular weight is 393 g/mol. The van der Waals surface area contributed by atoms with Gasteiger partial charge in [0.25, 0.3) is 0 Å². The largest absolute Gasteiger partial charge is 0.508 e. The maximum Gasteiger partial charge on any atom is 0.225 e. The third-order valence-electron chi connectivity index (χ3n) is 6.46. The molecule has 3 N–H and O–H groups in total. The number of Topliss-reactive ketones (excluding diaryl/α,β-unsaturated/α-hetero) is 1. The van der Waals surface area contributed by atoms with Crippen molar-refractivity contribution >= 4 is 5.78 Å². The van der Waals surface area contributed by atoms with Gasteiger partial charge in [0, 0.05) is 12.3 Å². The number of aliphatic hydroxyl groups excluding tert-OH is 3. The molecule has 0 spiro atoms. The van der Waals surface area contributed by atoms with Crippen molar-refractivity contribution in [3.8, 4) is 12.3 Å². The summed E-state index contributed by atoms with van der Waals surface area (Å²) in [6, 6.07) is 0. The van der Waals surface area contributed by atoms with E-state index in [1.807, 2.05) is 0 Å². The highest BCUT2D eigenvalue weighted by Gasteiger charge is 2.43. The van der Waals surface area contributed by atoms with E-state index in [1.54, 1.807) is 0 Å². The van der Waals surface area contributed by atoms with Crippen molar-refractivity contribution in [1.29, 1.82) is 0 Å². The average Bonchev–Trinajstić information content (AvgIpc) is 3.28. The number of ether oxygens (including phenoxy) is 1. The molecular formula is C23H36O5. The highest BCUT2D eigenvalue weighted by atomic mass is 16.5. The number of terminal acetylenes is 1. The summed E-state index contributed by atoms with van der Waals surface area (Å²) < 4.78 is 6.15. The summed E-state index contributed by atoms with van der Waals surface area (Å²) >= 11 is 0. The number of aliphatic hydroxyl groups is 3. The molecule has 28 heavy (non-hydrogen) atoms. The lowest BCUT2D eigenvalue weighted by Gasteiger charge is -2.18. The molecule has 5 heteroatoms. The Morgan fingerprint density at radius 1 is 1.21 bits per heavy atom. The summed E-state index contributed by atoms with van der Waals surface area (Å²) in [5, 5.41) is 28.1. The molecule has 1 heterocycles. The van der Waals surface area contributed by atoms with E-state index in [9.17, 15) is 15.0 Å². The lowest BCUT2D eigenvalue weighted by Crippen LogP contribution is -2.14. The monoisotopic (exact) mass is 392 g/mol. The van der Waals surface area contributed by atoms with E-state index in [-0.39, 0.29) is 18.3 Å². The first kappa shape index (κ1) is 22.8. The number of unbranched alkanes of at least 4 members (excludes halogenated alkanes) is 1. The van der Waals surface area contributed by atoms with Gasteiger partial charge in [0.15, 0.2) is 5.76 Å². The lowest BCUT2D eigenvalue weighted by atomic mass is 9.85. The van der Waals surface area contributed by atoms with E-state index in [0.29, 0.717) is 30.3 Å². The first-order valence-electron chi connectivity index (χ1n) is 10.9. The van der Waals surface area contributed by atoms with Crippen LogP contribution in [0.15, 0.2) is 11.5 Å². The number of carbonyl (C=O) groups is 1. The zero-order chi connectivity index (χ0) is 20.5. The van der Waals surface area contributed by atoms with Crippen LogP contribution in [-0.2, 0) is 9.53 Å². The molecule has 0 aromatic heterocycles. The SMILES string of the molecule is C#C[C@H](CCCC)CCC[C@H]1CC[C@@H]2OC(CCC(O)=C(O)C(=O)CO)C[C@H]12. The molecular weight excluding hydrogens is 356 g/mol. The summed E-state index contributed by atoms with van der Waals surface area (Å²) in [6.07, 6.45) is 17.1. The molecule has 1 aliphatic carbocycles. The van der Waals surface area contributed by atoms with Crippen LogP contribution >= 0.6 is 0 Å². The Labute approximate surface area is 169 Å². The minimum atomic E-state index is -0.856. The van der Waals surface area contributed by atoms with Gasteiger partial charge in [0.2, 0.25) is 5.78 Å². The second-order valence-corrected chi connectivity index (χ2v) is 8.39. The van der Waals surface area contributed by atoms with E-state index in [4.69, 9.17) is 16.3 Å². The summed E-state index contributed by atoms with van der Waals surface area (Å²) in [4.78, 5) is 11.2. The Hall–Kier alpha value is -1.51. The molecule has 1 unspecified atom stereocenters. The number of allylic oxidation sites excluding steroid dienone is 1. The van der Waals surface area contributed by atoms with Gasteiger partial charge in [-0.1, -0.05) is 32.6 Å². The molecule has 1 aliphatic heterocycles. The molecule has 0 bridgehead atoms. The van der Waals surface area contributed by atoms with Crippen molar-refractivity contribution < 1.29 is 24.9 Å². The highest BCUT2D eigenvalue weighted by molar-refractivity contribution is 5.94. The van der Waals surface area contributed by atoms with E-state index < -0.39 is 18.1 Å². The summed E-state index contributed by atoms with van der Waals surface area (Å²) in [5.74, 6) is 2.68. The van der Waals surface area contributed by atoms with Crippen LogP contribution in [0.1, 0.15) is 77.6 Å². The predicted octanol–water partition coefficient (Wildman–Crippen LogP) is 4.45. The normalized spacial score (nSPS) is 28.5. The number of fused-ring (bicyclic) bond motifs is 1. The molecule has 0 aromatic carbocycles. The molecule has 0 amide bonds. The van der Waals surface area contributed by atoms with Crippen molar-refractivity contribution in [1.82, 2.24) is 0 Å². The first-order chi connectivity index (χ1) is 13.5. The standard InChI is InChI=1S/C23H36O5/c1-3-5-7-16(4-2)8-6-9-17-10-13-22-19(17)14-18(28-22)11-12-20(25)23(27)21(26)15-24/h2,16-19,22,24-25,27H,3,5-15H2,1H3/t16-,17+,18?,19-,22+/m1/s1. The van der Waals surface area contributed by atoms with Crippen LogP contribution in [0.3, 0.4) is 0 Å². The van der Waals surface area contributed by atoms with Crippen molar-refractivity contribution in [2.75, 3.05) is 6.61 Å². The van der Waals surface area contributed by atoms with Crippen LogP contribution in [-0.4, -0.2) is 39.9 Å². The van der Waals surface area contributed by atoms with Gasteiger partial charge in [0.05, 0.1) is 12.2 Å². The van der Waals surface area contributed by atoms with Gasteiger partial charge in [-0.25, -0.2) is 0 Å². The Morgan fingerprint density at radius 2 is 1.96 bits per heavy atom. The predicted molar refractivity (Wildman–Crippen MR) is 109 cm³/mol. The molecule has 1 saturated carbocycles. The minimum Gasteiger partial charge on any atom is -0.508 e. The van der Waals surface area contributed by atoms with Gasteiger partial charge in [0.1, 0.15) is 12.4 Å². The third kappa shape index (κ3) is 6.25. The quantitative estimate of drug-likeness (QED) is 0.259. The van der Waals surface area contributed by atoms with E-state index in [2.05, 4.69) is 12.8 Å². The zero-order valence-electron chi connectivity index (χ0n) is 17.1. The Bertz CT molecular complexity index is 576. The molecule has 158 valence electrons. The van der Waals surface area contributed by atoms with Crippen LogP contribution in [0.25, 0.3) is 0 Å². The Balaban J connectivity index is 1.74. The van der Waals surface area contributed by atoms with Crippen LogP contribution in [0.5, 0.6) is 0 Å². The van der Waals surface area contributed by atoms with Crippen LogP contribution < -0.4 is 0 Å². The van der Waals surface area contributed by atoms with E-state index in [0.717, 1.165) is 25.7 Å². The van der Waals surface area contributed by atoms with Crippen molar-refractivity contribution in [3.63, 3.8) is 0 Å². The Kier molecular flexibility index (Phi) is 9.34. The molecule has 0 radical (unpaired) electrons. The van der Waals surface area contributed by atoms with Gasteiger partial charge < -0.3 is 20.1 Å². The number of rotatable bonds is 12. The maximum absolute atomic E-state index is 11.2.